The van der Waals surface area contributed by atoms with E-state index in [-0.39, 0.29) is 24.7 Å². The highest BCUT2D eigenvalue weighted by Gasteiger charge is 2.55. The number of hydrogen-bond acceptors (Lipinski definition) is 5. The van der Waals surface area contributed by atoms with Crippen molar-refractivity contribution in [1.29, 1.82) is 0 Å². The molecule has 28 heavy (non-hydrogen) atoms. The Balaban J connectivity index is 1.39. The number of imidazole rings is 1. The van der Waals surface area contributed by atoms with Gasteiger partial charge in [0.25, 0.3) is 5.91 Å². The number of benzene rings is 1. The fourth-order valence-corrected chi connectivity index (χ4v) is 5.80. The number of rotatable bonds is 2. The van der Waals surface area contributed by atoms with Crippen LogP contribution in [0.3, 0.4) is 0 Å². The molecule has 3 atom stereocenters. The molecule has 7 nitrogen and oxygen atoms in total. The number of carbonyl (C=O) groups is 1. The Morgan fingerprint density at radius 2 is 2.00 bits per heavy atom. The molecule has 6 heterocycles. The third kappa shape index (κ3) is 2.25. The van der Waals surface area contributed by atoms with Gasteiger partial charge in [-0.3, -0.25) is 9.69 Å². The number of nitrogens with one attached hydrogen (secondary N) is 1. The van der Waals surface area contributed by atoms with Crippen molar-refractivity contribution in [3.8, 4) is 11.5 Å². The van der Waals surface area contributed by atoms with Gasteiger partial charge in [0, 0.05) is 24.2 Å². The lowest BCUT2D eigenvalue weighted by molar-refractivity contribution is -0.00359. The van der Waals surface area contributed by atoms with Gasteiger partial charge in [-0.05, 0) is 56.5 Å². The monoisotopic (exact) mass is 380 g/mol. The van der Waals surface area contributed by atoms with E-state index in [2.05, 4.69) is 31.9 Å². The lowest BCUT2D eigenvalue weighted by Gasteiger charge is -2.51. The Bertz CT molecular complexity index is 933. The summed E-state index contributed by atoms with van der Waals surface area (Å²) in [5.74, 6) is 2.55. The highest BCUT2D eigenvalue weighted by molar-refractivity contribution is 5.94. The van der Waals surface area contributed by atoms with E-state index in [1.807, 2.05) is 13.0 Å². The molecule has 1 amide bonds. The summed E-state index contributed by atoms with van der Waals surface area (Å²) in [6, 6.07) is 6.90. The molecule has 7 heteroatoms. The van der Waals surface area contributed by atoms with Gasteiger partial charge in [0.15, 0.2) is 11.5 Å². The van der Waals surface area contributed by atoms with Crippen molar-refractivity contribution < 1.29 is 14.3 Å². The molecule has 1 N–H and O–H groups in total. The smallest absolute Gasteiger partial charge is 0.274 e. The SMILES string of the molecule is Cc1[nH]cnc1C(=O)N1C[C@@H](c2ccc3c(c2)OCO3)[C@@H]2[C@H]1C1CCN2CC1. The third-order valence-corrected chi connectivity index (χ3v) is 7.11. The van der Waals surface area contributed by atoms with Crippen LogP contribution in [0.2, 0.25) is 0 Å². The zero-order chi connectivity index (χ0) is 18.8. The first-order valence-corrected chi connectivity index (χ1v) is 10.2. The fraction of sp³-hybridized carbons (Fsp3) is 0.524. The van der Waals surface area contributed by atoms with Gasteiger partial charge in [-0.15, -0.1) is 0 Å². The van der Waals surface area contributed by atoms with Crippen LogP contribution in [0, 0.1) is 12.8 Å². The molecule has 0 radical (unpaired) electrons. The van der Waals surface area contributed by atoms with Crippen molar-refractivity contribution in [3.05, 3.63) is 41.5 Å². The number of H-pyrrole nitrogens is 1. The molecule has 4 fully saturated rings. The zero-order valence-corrected chi connectivity index (χ0v) is 15.9. The second-order valence-corrected chi connectivity index (χ2v) is 8.41. The molecule has 1 aromatic heterocycles. The molecule has 146 valence electrons. The van der Waals surface area contributed by atoms with Crippen LogP contribution >= 0.6 is 0 Å². The first-order chi connectivity index (χ1) is 13.7. The number of aromatic nitrogens is 2. The predicted molar refractivity (Wildman–Crippen MR) is 102 cm³/mol. The highest BCUT2D eigenvalue weighted by Crippen LogP contribution is 2.48. The van der Waals surface area contributed by atoms with Crippen molar-refractivity contribution >= 4 is 5.91 Å². The molecule has 4 saturated heterocycles. The number of ether oxygens (including phenoxy) is 2. The fourth-order valence-electron chi connectivity index (χ4n) is 5.80. The van der Waals surface area contributed by atoms with Crippen LogP contribution in [0.25, 0.3) is 0 Å². The second-order valence-electron chi connectivity index (χ2n) is 8.41. The molecule has 0 saturated carbocycles. The van der Waals surface area contributed by atoms with Crippen LogP contribution < -0.4 is 9.47 Å². The summed E-state index contributed by atoms with van der Waals surface area (Å²) in [6.07, 6.45) is 3.97. The van der Waals surface area contributed by atoms with Gasteiger partial charge in [0.2, 0.25) is 6.79 Å². The molecule has 5 aliphatic rings. The van der Waals surface area contributed by atoms with E-state index < -0.39 is 0 Å². The summed E-state index contributed by atoms with van der Waals surface area (Å²) in [5.41, 5.74) is 2.64. The lowest BCUT2D eigenvalue weighted by Crippen LogP contribution is -2.60. The quantitative estimate of drug-likeness (QED) is 0.865. The van der Waals surface area contributed by atoms with Crippen molar-refractivity contribution in [3.63, 3.8) is 0 Å². The van der Waals surface area contributed by atoms with Gasteiger partial charge < -0.3 is 19.4 Å². The average molecular weight is 380 g/mol. The van der Waals surface area contributed by atoms with E-state index in [0.717, 1.165) is 36.8 Å². The third-order valence-electron chi connectivity index (χ3n) is 7.11. The summed E-state index contributed by atoms with van der Waals surface area (Å²) < 4.78 is 11.1. The maximum atomic E-state index is 13.4. The second kappa shape index (κ2) is 5.98. The Hall–Kier alpha value is -2.54. The molecule has 7 rings (SSSR count). The van der Waals surface area contributed by atoms with Crippen molar-refractivity contribution in [2.75, 3.05) is 26.4 Å². The topological polar surface area (TPSA) is 70.7 Å². The van der Waals surface area contributed by atoms with E-state index in [4.69, 9.17) is 9.47 Å². The van der Waals surface area contributed by atoms with E-state index in [9.17, 15) is 4.79 Å². The van der Waals surface area contributed by atoms with Crippen LogP contribution in [0.1, 0.15) is 40.5 Å². The molecule has 1 aromatic carbocycles. The number of nitrogens with zero attached hydrogens (tertiary/aromatic N) is 3. The lowest BCUT2D eigenvalue weighted by atomic mass is 9.75. The molecule has 2 bridgehead atoms. The number of hydrogen-bond donors (Lipinski definition) is 1. The minimum absolute atomic E-state index is 0.0609. The Kier molecular flexibility index (Phi) is 3.50. The summed E-state index contributed by atoms with van der Waals surface area (Å²) in [5, 5.41) is 0. The van der Waals surface area contributed by atoms with E-state index in [1.54, 1.807) is 6.33 Å². The molecular weight excluding hydrogens is 356 g/mol. The number of likely N-dealkylation sites (tertiary alicyclic amines) is 1. The Morgan fingerprint density at radius 3 is 2.79 bits per heavy atom. The normalized spacial score (nSPS) is 32.6. The van der Waals surface area contributed by atoms with Crippen LogP contribution in [0.15, 0.2) is 24.5 Å². The number of fused-ring (bicyclic) bond motifs is 3. The minimum atomic E-state index is 0.0609. The minimum Gasteiger partial charge on any atom is -0.454 e. The molecule has 5 aliphatic heterocycles. The number of amides is 1. The average Bonchev–Trinajstić information content (AvgIpc) is 3.46. The van der Waals surface area contributed by atoms with Crippen molar-refractivity contribution in [1.82, 2.24) is 19.8 Å². The van der Waals surface area contributed by atoms with Crippen LogP contribution in [0.4, 0.5) is 0 Å². The van der Waals surface area contributed by atoms with Gasteiger partial charge >= 0.3 is 0 Å². The largest absolute Gasteiger partial charge is 0.454 e. The van der Waals surface area contributed by atoms with Gasteiger partial charge in [0.05, 0.1) is 12.4 Å². The summed E-state index contributed by atoms with van der Waals surface area (Å²) in [6.45, 7) is 5.20. The maximum absolute atomic E-state index is 13.4. The zero-order valence-electron chi connectivity index (χ0n) is 15.9. The number of piperidine rings is 3. The van der Waals surface area contributed by atoms with Crippen molar-refractivity contribution in [2.24, 2.45) is 5.92 Å². The molecule has 2 aromatic rings. The van der Waals surface area contributed by atoms with Gasteiger partial charge in [-0.25, -0.2) is 4.98 Å². The van der Waals surface area contributed by atoms with E-state index >= 15 is 0 Å². The molecule has 0 spiro atoms. The number of carbonyl (C=O) groups excluding carboxylic acids is 1. The van der Waals surface area contributed by atoms with E-state index in [1.165, 1.54) is 18.4 Å². The number of aryl methyl sites for hydroxylation is 1. The molecule has 0 unspecified atom stereocenters. The predicted octanol–water partition coefficient (Wildman–Crippen LogP) is 2.15. The van der Waals surface area contributed by atoms with Crippen LogP contribution in [-0.2, 0) is 0 Å². The van der Waals surface area contributed by atoms with Gasteiger partial charge in [-0.2, -0.15) is 0 Å². The summed E-state index contributed by atoms with van der Waals surface area (Å²) >= 11 is 0. The summed E-state index contributed by atoms with van der Waals surface area (Å²) in [4.78, 5) is 25.5. The molecular formula is C21H24N4O3. The van der Waals surface area contributed by atoms with Gasteiger partial charge in [-0.1, -0.05) is 6.07 Å². The first-order valence-electron chi connectivity index (χ1n) is 10.2. The maximum Gasteiger partial charge on any atom is 0.274 e. The van der Waals surface area contributed by atoms with Crippen molar-refractivity contribution in [2.45, 2.75) is 37.8 Å². The van der Waals surface area contributed by atoms with E-state index in [0.29, 0.717) is 17.7 Å². The van der Waals surface area contributed by atoms with Gasteiger partial charge in [0.1, 0.15) is 5.69 Å². The Morgan fingerprint density at radius 1 is 1.18 bits per heavy atom. The Labute approximate surface area is 163 Å². The van der Waals surface area contributed by atoms with Crippen LogP contribution in [-0.4, -0.2) is 64.2 Å². The summed E-state index contributed by atoms with van der Waals surface area (Å²) in [7, 11) is 0. The first kappa shape index (κ1) is 16.4. The van der Waals surface area contributed by atoms with Crippen LogP contribution in [0.5, 0.6) is 11.5 Å². The standard InChI is InChI=1S/C21H24N4O3/c1-12-18(23-10-22-12)21(26)25-9-15(14-2-3-16-17(8-14)28-11-27-16)20-19(25)13-4-6-24(20)7-5-13/h2-3,8,10,13,15,19-20H,4-7,9,11H2,1H3,(H,22,23)/t15-,19+,20+/m0/s1. The highest BCUT2D eigenvalue weighted by atomic mass is 16.7. The molecule has 0 aliphatic carbocycles. The number of aromatic amines is 1.